The first-order valence-corrected chi connectivity index (χ1v) is 4.66. The number of hydrogen-bond donors (Lipinski definition) is 1. The number of thiazole rings is 1. The van der Waals surface area contributed by atoms with Gasteiger partial charge in [0, 0.05) is 0 Å². The van der Waals surface area contributed by atoms with E-state index >= 15 is 0 Å². The maximum absolute atomic E-state index is 8.67. The summed E-state index contributed by atoms with van der Waals surface area (Å²) in [4.78, 5) is 4.04. The average molecular weight is 210 g/mol. The number of fused-ring (bicyclic) bond motifs is 1. The van der Waals surface area contributed by atoms with Gasteiger partial charge in [-0.1, -0.05) is 22.9 Å². The van der Waals surface area contributed by atoms with Crippen molar-refractivity contribution in [3.05, 3.63) is 22.7 Å². The Hall–Kier alpha value is -1.31. The first-order valence-electron chi connectivity index (χ1n) is 3.46. The molecular formula is C8H4ClN3S. The van der Waals surface area contributed by atoms with E-state index in [1.54, 1.807) is 12.1 Å². The van der Waals surface area contributed by atoms with Gasteiger partial charge >= 0.3 is 0 Å². The molecule has 64 valence electrons. The van der Waals surface area contributed by atoms with Gasteiger partial charge in [-0.15, -0.1) is 0 Å². The number of nitriles is 1. The van der Waals surface area contributed by atoms with E-state index in [0.717, 1.165) is 4.70 Å². The normalized spacial score (nSPS) is 10.2. The van der Waals surface area contributed by atoms with E-state index in [4.69, 9.17) is 22.6 Å². The van der Waals surface area contributed by atoms with Crippen LogP contribution in [0.5, 0.6) is 0 Å². The van der Waals surface area contributed by atoms with Gasteiger partial charge in [0.1, 0.15) is 5.52 Å². The van der Waals surface area contributed by atoms with Crippen LogP contribution in [0.2, 0.25) is 5.02 Å². The molecule has 13 heavy (non-hydrogen) atoms. The van der Waals surface area contributed by atoms with Crippen LogP contribution in [0.15, 0.2) is 12.1 Å². The smallest absolute Gasteiger partial charge is 0.181 e. The third-order valence-corrected chi connectivity index (χ3v) is 2.71. The predicted molar refractivity (Wildman–Crippen MR) is 53.8 cm³/mol. The number of nitrogen functional groups attached to an aromatic ring is 1. The third-order valence-electron chi connectivity index (χ3n) is 1.59. The monoisotopic (exact) mass is 209 g/mol. The lowest BCUT2D eigenvalue weighted by atomic mass is 10.2. The minimum absolute atomic E-state index is 0.465. The molecule has 0 saturated heterocycles. The molecule has 1 heterocycles. The summed E-state index contributed by atoms with van der Waals surface area (Å²) in [7, 11) is 0. The molecule has 1 aromatic heterocycles. The highest BCUT2D eigenvalue weighted by molar-refractivity contribution is 7.22. The summed E-state index contributed by atoms with van der Waals surface area (Å²) in [6, 6.07) is 5.34. The van der Waals surface area contributed by atoms with Crippen LogP contribution < -0.4 is 5.73 Å². The van der Waals surface area contributed by atoms with Crippen molar-refractivity contribution in [1.29, 1.82) is 5.26 Å². The van der Waals surface area contributed by atoms with Gasteiger partial charge in [0.15, 0.2) is 5.13 Å². The molecule has 0 unspecified atom stereocenters. The summed E-state index contributed by atoms with van der Waals surface area (Å²) in [6.45, 7) is 0. The number of nitrogens with zero attached hydrogens (tertiary/aromatic N) is 2. The summed E-state index contributed by atoms with van der Waals surface area (Å²) in [5.41, 5.74) is 6.72. The van der Waals surface area contributed by atoms with Crippen LogP contribution in [-0.2, 0) is 0 Å². The van der Waals surface area contributed by atoms with Gasteiger partial charge in [-0.3, -0.25) is 0 Å². The van der Waals surface area contributed by atoms with E-state index in [1.165, 1.54) is 11.3 Å². The molecule has 0 amide bonds. The van der Waals surface area contributed by atoms with Crippen LogP contribution in [0.1, 0.15) is 5.56 Å². The van der Waals surface area contributed by atoms with E-state index < -0.39 is 0 Å². The highest BCUT2D eigenvalue weighted by Crippen LogP contribution is 2.30. The zero-order valence-corrected chi connectivity index (χ0v) is 7.99. The minimum atomic E-state index is 0.465. The number of rotatable bonds is 0. The molecule has 0 radical (unpaired) electrons. The molecule has 0 fully saturated rings. The highest BCUT2D eigenvalue weighted by Gasteiger charge is 2.06. The van der Waals surface area contributed by atoms with Gasteiger partial charge in [0.05, 0.1) is 21.4 Å². The zero-order chi connectivity index (χ0) is 9.42. The van der Waals surface area contributed by atoms with Gasteiger partial charge in [-0.2, -0.15) is 5.26 Å². The molecule has 5 heteroatoms. The van der Waals surface area contributed by atoms with Crippen molar-refractivity contribution in [3.8, 4) is 6.07 Å². The van der Waals surface area contributed by atoms with Gasteiger partial charge < -0.3 is 5.73 Å². The van der Waals surface area contributed by atoms with Crippen LogP contribution in [0.4, 0.5) is 5.13 Å². The van der Waals surface area contributed by atoms with Crippen molar-refractivity contribution < 1.29 is 0 Å². The lowest BCUT2D eigenvalue weighted by Crippen LogP contribution is -1.80. The Morgan fingerprint density at radius 1 is 1.54 bits per heavy atom. The van der Waals surface area contributed by atoms with Crippen LogP contribution in [0.3, 0.4) is 0 Å². The molecule has 2 rings (SSSR count). The standard InChI is InChI=1S/C8H4ClN3S/c9-5-1-4(3-10)2-6-7(5)12-8(11)13-6/h1-2H,(H2,11,12). The first-order chi connectivity index (χ1) is 6.20. The van der Waals surface area contributed by atoms with Gasteiger partial charge in [-0.05, 0) is 12.1 Å². The van der Waals surface area contributed by atoms with E-state index in [-0.39, 0.29) is 0 Å². The van der Waals surface area contributed by atoms with Crippen molar-refractivity contribution in [2.45, 2.75) is 0 Å². The second kappa shape index (κ2) is 2.87. The Kier molecular flexibility index (Phi) is 1.83. The lowest BCUT2D eigenvalue weighted by molar-refractivity contribution is 1.47. The molecule has 1 aromatic carbocycles. The third kappa shape index (κ3) is 1.32. The molecular weight excluding hydrogens is 206 g/mol. The molecule has 2 aromatic rings. The van der Waals surface area contributed by atoms with Crippen molar-refractivity contribution in [3.63, 3.8) is 0 Å². The van der Waals surface area contributed by atoms with Crippen molar-refractivity contribution >= 4 is 38.3 Å². The lowest BCUT2D eigenvalue weighted by Gasteiger charge is -1.92. The molecule has 2 N–H and O–H groups in total. The largest absolute Gasteiger partial charge is 0.375 e. The summed E-state index contributed by atoms with van der Waals surface area (Å²) in [6.07, 6.45) is 0. The van der Waals surface area contributed by atoms with Gasteiger partial charge in [0.2, 0.25) is 0 Å². The Morgan fingerprint density at radius 2 is 2.31 bits per heavy atom. The fourth-order valence-electron chi connectivity index (χ4n) is 1.07. The molecule has 0 aliphatic rings. The van der Waals surface area contributed by atoms with Crippen LogP contribution in [-0.4, -0.2) is 4.98 Å². The summed E-state index contributed by atoms with van der Waals surface area (Å²) in [5.74, 6) is 0. The minimum Gasteiger partial charge on any atom is -0.375 e. The molecule has 0 atom stereocenters. The van der Waals surface area contributed by atoms with Gasteiger partial charge in [-0.25, -0.2) is 4.98 Å². The maximum Gasteiger partial charge on any atom is 0.181 e. The van der Waals surface area contributed by atoms with Crippen LogP contribution in [0.25, 0.3) is 10.2 Å². The zero-order valence-electron chi connectivity index (χ0n) is 6.41. The first kappa shape index (κ1) is 8.30. The van der Waals surface area contributed by atoms with Crippen molar-refractivity contribution in [2.24, 2.45) is 0 Å². The fraction of sp³-hybridized carbons (Fsp3) is 0. The van der Waals surface area contributed by atoms with Crippen molar-refractivity contribution in [2.75, 3.05) is 5.73 Å². The number of anilines is 1. The van der Waals surface area contributed by atoms with Crippen LogP contribution in [0, 0.1) is 11.3 Å². The van der Waals surface area contributed by atoms with Crippen LogP contribution >= 0.6 is 22.9 Å². The molecule has 0 aliphatic carbocycles. The number of hydrogen-bond acceptors (Lipinski definition) is 4. The fourth-order valence-corrected chi connectivity index (χ4v) is 2.19. The Labute approximate surface area is 83.4 Å². The summed E-state index contributed by atoms with van der Waals surface area (Å²) >= 11 is 7.22. The topological polar surface area (TPSA) is 62.7 Å². The van der Waals surface area contributed by atoms with Gasteiger partial charge in [0.25, 0.3) is 0 Å². The van der Waals surface area contributed by atoms with Crippen molar-refractivity contribution in [1.82, 2.24) is 4.98 Å². The second-order valence-corrected chi connectivity index (χ2v) is 3.94. The molecule has 0 saturated carbocycles. The molecule has 3 nitrogen and oxygen atoms in total. The number of nitrogens with two attached hydrogens (primary N) is 1. The maximum atomic E-state index is 8.67. The van der Waals surface area contributed by atoms with E-state index in [0.29, 0.717) is 21.2 Å². The van der Waals surface area contributed by atoms with E-state index in [9.17, 15) is 0 Å². The Balaban J connectivity index is 2.85. The van der Waals surface area contributed by atoms with E-state index in [2.05, 4.69) is 4.98 Å². The average Bonchev–Trinajstić information content (AvgIpc) is 2.46. The highest BCUT2D eigenvalue weighted by atomic mass is 35.5. The molecule has 0 aliphatic heterocycles. The molecule has 0 spiro atoms. The predicted octanol–water partition coefficient (Wildman–Crippen LogP) is 2.40. The quantitative estimate of drug-likeness (QED) is 0.725. The van der Waals surface area contributed by atoms with E-state index in [1.807, 2.05) is 6.07 Å². The Morgan fingerprint density at radius 3 is 3.00 bits per heavy atom. The number of benzene rings is 1. The SMILES string of the molecule is N#Cc1cc(Cl)c2nc(N)sc2c1. The summed E-state index contributed by atoms with van der Waals surface area (Å²) in [5, 5.41) is 9.61. The number of halogens is 1. The summed E-state index contributed by atoms with van der Waals surface area (Å²) < 4.78 is 0.849. The molecule has 0 bridgehead atoms. The Bertz CT molecular complexity index is 512. The number of aromatic nitrogens is 1. The second-order valence-electron chi connectivity index (χ2n) is 2.47.